The van der Waals surface area contributed by atoms with Gasteiger partial charge >= 0.3 is 0 Å². The molecule has 0 spiro atoms. The first kappa shape index (κ1) is 14.4. The van der Waals surface area contributed by atoms with Crippen LogP contribution >= 0.6 is 31.9 Å². The SMILES string of the molecule is NCc1ccc(Oc2ccc(Br)cc2F)c(F)c1Br. The molecule has 0 aliphatic carbocycles. The molecular weight excluding hydrogens is 384 g/mol. The van der Waals surface area contributed by atoms with E-state index in [9.17, 15) is 8.78 Å². The Labute approximate surface area is 125 Å². The van der Waals surface area contributed by atoms with Crippen molar-refractivity contribution in [2.24, 2.45) is 5.73 Å². The van der Waals surface area contributed by atoms with Crippen LogP contribution in [0.2, 0.25) is 0 Å². The average Bonchev–Trinajstić information content (AvgIpc) is 2.38. The van der Waals surface area contributed by atoms with Crippen molar-refractivity contribution in [2.75, 3.05) is 0 Å². The predicted molar refractivity (Wildman–Crippen MR) is 76.2 cm³/mol. The molecule has 0 unspecified atom stereocenters. The molecule has 0 aliphatic rings. The summed E-state index contributed by atoms with van der Waals surface area (Å²) in [5.41, 5.74) is 6.07. The van der Waals surface area contributed by atoms with Crippen LogP contribution in [0, 0.1) is 11.6 Å². The second-order valence-electron chi connectivity index (χ2n) is 3.73. The molecule has 0 saturated heterocycles. The van der Waals surface area contributed by atoms with E-state index in [1.165, 1.54) is 18.2 Å². The van der Waals surface area contributed by atoms with Gasteiger partial charge in [-0.1, -0.05) is 22.0 Å². The molecule has 0 amide bonds. The minimum atomic E-state index is -0.606. The molecule has 0 radical (unpaired) electrons. The minimum absolute atomic E-state index is 0.0468. The monoisotopic (exact) mass is 391 g/mol. The first-order valence-corrected chi connectivity index (χ1v) is 6.91. The molecule has 0 saturated carbocycles. The van der Waals surface area contributed by atoms with E-state index >= 15 is 0 Å². The third-order valence-electron chi connectivity index (χ3n) is 2.46. The van der Waals surface area contributed by atoms with Crippen molar-refractivity contribution in [3.05, 3.63) is 56.5 Å². The van der Waals surface area contributed by atoms with Crippen LogP contribution in [0.5, 0.6) is 11.5 Å². The summed E-state index contributed by atoms with van der Waals surface area (Å²) in [5, 5.41) is 0. The number of ether oxygens (including phenoxy) is 1. The Morgan fingerprint density at radius 2 is 1.74 bits per heavy atom. The molecule has 100 valence electrons. The van der Waals surface area contributed by atoms with Gasteiger partial charge in [0.25, 0.3) is 0 Å². The number of halogens is 4. The fourth-order valence-corrected chi connectivity index (χ4v) is 2.31. The molecule has 0 aromatic heterocycles. The van der Waals surface area contributed by atoms with E-state index in [2.05, 4.69) is 31.9 Å². The summed E-state index contributed by atoms with van der Waals surface area (Å²) >= 11 is 6.23. The van der Waals surface area contributed by atoms with Gasteiger partial charge in [0.05, 0.1) is 4.47 Å². The van der Waals surface area contributed by atoms with Crippen LogP contribution in [-0.2, 0) is 6.54 Å². The van der Waals surface area contributed by atoms with Gasteiger partial charge in [-0.15, -0.1) is 0 Å². The van der Waals surface area contributed by atoms with Crippen LogP contribution in [-0.4, -0.2) is 0 Å². The van der Waals surface area contributed by atoms with Crippen molar-refractivity contribution in [3.63, 3.8) is 0 Å². The minimum Gasteiger partial charge on any atom is -0.451 e. The van der Waals surface area contributed by atoms with Gasteiger partial charge in [0.1, 0.15) is 0 Å². The summed E-state index contributed by atoms with van der Waals surface area (Å²) < 4.78 is 33.6. The van der Waals surface area contributed by atoms with Crippen molar-refractivity contribution in [1.29, 1.82) is 0 Å². The Bertz CT molecular complexity index is 620. The van der Waals surface area contributed by atoms with Gasteiger partial charge in [-0.25, -0.2) is 8.78 Å². The second kappa shape index (κ2) is 5.98. The topological polar surface area (TPSA) is 35.2 Å². The third-order valence-corrected chi connectivity index (χ3v) is 3.81. The Hall–Kier alpha value is -0.980. The van der Waals surface area contributed by atoms with E-state index in [-0.39, 0.29) is 22.5 Å². The van der Waals surface area contributed by atoms with Crippen LogP contribution in [0.25, 0.3) is 0 Å². The van der Waals surface area contributed by atoms with Crippen molar-refractivity contribution >= 4 is 31.9 Å². The number of rotatable bonds is 3. The van der Waals surface area contributed by atoms with Crippen LogP contribution in [0.4, 0.5) is 8.78 Å². The quantitative estimate of drug-likeness (QED) is 0.818. The van der Waals surface area contributed by atoms with Crippen molar-refractivity contribution in [1.82, 2.24) is 0 Å². The van der Waals surface area contributed by atoms with Gasteiger partial charge < -0.3 is 10.5 Å². The lowest BCUT2D eigenvalue weighted by Crippen LogP contribution is -2.00. The highest BCUT2D eigenvalue weighted by atomic mass is 79.9. The van der Waals surface area contributed by atoms with Crippen LogP contribution in [0.15, 0.2) is 39.3 Å². The smallest absolute Gasteiger partial charge is 0.180 e. The maximum Gasteiger partial charge on any atom is 0.180 e. The highest BCUT2D eigenvalue weighted by Crippen LogP contribution is 2.33. The Morgan fingerprint density at radius 1 is 1.05 bits per heavy atom. The summed E-state index contributed by atoms with van der Waals surface area (Å²) in [5.74, 6) is -1.29. The highest BCUT2D eigenvalue weighted by molar-refractivity contribution is 9.10. The molecule has 0 fully saturated rings. The molecule has 2 N–H and O–H groups in total. The third kappa shape index (κ3) is 3.13. The van der Waals surface area contributed by atoms with Gasteiger partial charge in [-0.2, -0.15) is 0 Å². The molecule has 19 heavy (non-hydrogen) atoms. The Kier molecular flexibility index (Phi) is 4.54. The molecule has 2 aromatic carbocycles. The Balaban J connectivity index is 2.36. The van der Waals surface area contributed by atoms with Crippen LogP contribution in [0.1, 0.15) is 5.56 Å². The molecule has 0 bridgehead atoms. The maximum atomic E-state index is 14.0. The molecule has 0 heterocycles. The molecule has 2 rings (SSSR count). The molecule has 2 nitrogen and oxygen atoms in total. The van der Waals surface area contributed by atoms with Gasteiger partial charge in [0.15, 0.2) is 23.1 Å². The van der Waals surface area contributed by atoms with E-state index in [1.807, 2.05) is 0 Å². The van der Waals surface area contributed by atoms with Crippen molar-refractivity contribution < 1.29 is 13.5 Å². The van der Waals surface area contributed by atoms with E-state index in [0.29, 0.717) is 10.0 Å². The van der Waals surface area contributed by atoms with Crippen LogP contribution < -0.4 is 10.5 Å². The van der Waals surface area contributed by atoms with E-state index < -0.39 is 11.6 Å². The van der Waals surface area contributed by atoms with Crippen molar-refractivity contribution in [2.45, 2.75) is 6.54 Å². The van der Waals surface area contributed by atoms with E-state index in [4.69, 9.17) is 10.5 Å². The van der Waals surface area contributed by atoms with Crippen molar-refractivity contribution in [3.8, 4) is 11.5 Å². The lowest BCUT2D eigenvalue weighted by Gasteiger charge is -2.10. The fraction of sp³-hybridized carbons (Fsp3) is 0.0769. The lowest BCUT2D eigenvalue weighted by molar-refractivity contribution is 0.412. The van der Waals surface area contributed by atoms with E-state index in [1.54, 1.807) is 12.1 Å². The van der Waals surface area contributed by atoms with Gasteiger partial charge in [-0.3, -0.25) is 0 Å². The standard InChI is InChI=1S/C13H9Br2F2NO/c14-8-2-4-10(9(16)5-8)19-11-3-1-7(6-18)12(15)13(11)17/h1-5H,6,18H2. The highest BCUT2D eigenvalue weighted by Gasteiger charge is 2.14. The largest absolute Gasteiger partial charge is 0.451 e. The molecule has 0 atom stereocenters. The molecule has 6 heteroatoms. The summed E-state index contributed by atoms with van der Waals surface area (Å²) in [6.07, 6.45) is 0. The number of nitrogens with two attached hydrogens (primary N) is 1. The zero-order valence-electron chi connectivity index (χ0n) is 9.59. The second-order valence-corrected chi connectivity index (χ2v) is 5.44. The lowest BCUT2D eigenvalue weighted by atomic mass is 10.2. The summed E-state index contributed by atoms with van der Waals surface area (Å²) in [4.78, 5) is 0. The van der Waals surface area contributed by atoms with E-state index in [0.717, 1.165) is 0 Å². The van der Waals surface area contributed by atoms with Gasteiger partial charge in [0, 0.05) is 11.0 Å². The zero-order valence-corrected chi connectivity index (χ0v) is 12.8. The maximum absolute atomic E-state index is 14.0. The predicted octanol–water partition coefficient (Wildman–Crippen LogP) is 4.74. The summed E-state index contributed by atoms with van der Waals surface area (Å²) in [6, 6.07) is 7.32. The summed E-state index contributed by atoms with van der Waals surface area (Å²) in [7, 11) is 0. The van der Waals surface area contributed by atoms with Gasteiger partial charge in [-0.05, 0) is 45.8 Å². The summed E-state index contributed by atoms with van der Waals surface area (Å²) in [6.45, 7) is 0.199. The van der Waals surface area contributed by atoms with Gasteiger partial charge in [0.2, 0.25) is 0 Å². The zero-order chi connectivity index (χ0) is 14.0. The first-order valence-electron chi connectivity index (χ1n) is 5.32. The number of hydrogen-bond donors (Lipinski definition) is 1. The Morgan fingerprint density at radius 3 is 2.37 bits per heavy atom. The average molecular weight is 393 g/mol. The normalized spacial score (nSPS) is 10.6. The number of hydrogen-bond acceptors (Lipinski definition) is 2. The number of benzene rings is 2. The molecule has 2 aromatic rings. The van der Waals surface area contributed by atoms with Crippen LogP contribution in [0.3, 0.4) is 0 Å². The molecule has 0 aliphatic heterocycles. The molecular formula is C13H9Br2F2NO. The first-order chi connectivity index (χ1) is 9.02. The fourth-order valence-electron chi connectivity index (χ4n) is 1.48.